The summed E-state index contributed by atoms with van der Waals surface area (Å²) < 4.78 is 5.41. The van der Waals surface area contributed by atoms with Gasteiger partial charge in [-0.2, -0.15) is 0 Å². The van der Waals surface area contributed by atoms with Crippen molar-refractivity contribution in [2.24, 2.45) is 10.7 Å². The first-order valence-corrected chi connectivity index (χ1v) is 8.40. The summed E-state index contributed by atoms with van der Waals surface area (Å²) >= 11 is 0. The van der Waals surface area contributed by atoms with Gasteiger partial charge in [-0.05, 0) is 24.5 Å². The number of halogens is 1. The summed E-state index contributed by atoms with van der Waals surface area (Å²) in [5.74, 6) is 1.78. The number of nitrogens with zero attached hydrogens (tertiary/aromatic N) is 1. The van der Waals surface area contributed by atoms with Gasteiger partial charge in [0, 0.05) is 18.5 Å². The first kappa shape index (κ1) is 20.1. The molecule has 0 amide bonds. The van der Waals surface area contributed by atoms with E-state index < -0.39 is 0 Å². The molecular formula is C18H30IN3O. The van der Waals surface area contributed by atoms with Gasteiger partial charge in [0.25, 0.3) is 0 Å². The molecule has 23 heavy (non-hydrogen) atoms. The molecule has 0 aromatic heterocycles. The summed E-state index contributed by atoms with van der Waals surface area (Å²) in [6.45, 7) is 2.83. The molecule has 1 unspecified atom stereocenters. The molecule has 0 radical (unpaired) electrons. The Labute approximate surface area is 157 Å². The summed E-state index contributed by atoms with van der Waals surface area (Å²) in [5.41, 5.74) is 7.24. The van der Waals surface area contributed by atoms with E-state index in [2.05, 4.69) is 23.3 Å². The summed E-state index contributed by atoms with van der Waals surface area (Å²) in [7, 11) is 1.71. The maximum Gasteiger partial charge on any atom is 0.188 e. The maximum atomic E-state index is 6.06. The number of methoxy groups -OCH3 is 1. The van der Waals surface area contributed by atoms with E-state index in [-0.39, 0.29) is 29.9 Å². The van der Waals surface area contributed by atoms with E-state index >= 15 is 0 Å². The molecule has 1 atom stereocenters. The molecule has 5 heteroatoms. The van der Waals surface area contributed by atoms with Crippen molar-refractivity contribution < 1.29 is 4.74 Å². The summed E-state index contributed by atoms with van der Waals surface area (Å²) in [4.78, 5) is 4.53. The molecule has 1 aromatic rings. The Morgan fingerprint density at radius 2 is 1.91 bits per heavy atom. The van der Waals surface area contributed by atoms with E-state index in [9.17, 15) is 0 Å². The van der Waals surface area contributed by atoms with Gasteiger partial charge in [0.1, 0.15) is 5.75 Å². The van der Waals surface area contributed by atoms with Gasteiger partial charge < -0.3 is 15.8 Å². The van der Waals surface area contributed by atoms with Crippen LogP contribution in [0.5, 0.6) is 5.75 Å². The highest BCUT2D eigenvalue weighted by atomic mass is 127. The number of ether oxygens (including phenoxy) is 1. The van der Waals surface area contributed by atoms with Gasteiger partial charge in [-0.15, -0.1) is 24.0 Å². The van der Waals surface area contributed by atoms with Gasteiger partial charge in [0.15, 0.2) is 5.96 Å². The van der Waals surface area contributed by atoms with Crippen LogP contribution in [0, 0.1) is 0 Å². The molecule has 0 bridgehead atoms. The number of hydrogen-bond donors (Lipinski definition) is 2. The molecule has 0 aliphatic heterocycles. The molecule has 3 N–H and O–H groups in total. The van der Waals surface area contributed by atoms with Gasteiger partial charge in [0.2, 0.25) is 0 Å². The molecule has 2 rings (SSSR count). The molecule has 130 valence electrons. The highest BCUT2D eigenvalue weighted by molar-refractivity contribution is 14.0. The van der Waals surface area contributed by atoms with E-state index in [1.165, 1.54) is 44.1 Å². The minimum absolute atomic E-state index is 0. The zero-order valence-electron chi connectivity index (χ0n) is 14.3. The Kier molecular flexibility index (Phi) is 9.36. The lowest BCUT2D eigenvalue weighted by Crippen LogP contribution is -2.40. The molecule has 1 fully saturated rings. The van der Waals surface area contributed by atoms with Crippen LogP contribution < -0.4 is 15.8 Å². The summed E-state index contributed by atoms with van der Waals surface area (Å²) in [6.07, 6.45) is 7.70. The third-order valence-corrected chi connectivity index (χ3v) is 4.41. The fraction of sp³-hybridized carbons (Fsp3) is 0.611. The van der Waals surface area contributed by atoms with E-state index in [1.807, 2.05) is 18.2 Å². The van der Waals surface area contributed by atoms with Crippen molar-refractivity contribution in [3.63, 3.8) is 0 Å². The van der Waals surface area contributed by atoms with Crippen LogP contribution >= 0.6 is 24.0 Å². The normalized spacial score (nSPS) is 17.7. The topological polar surface area (TPSA) is 59.6 Å². The van der Waals surface area contributed by atoms with Crippen LogP contribution in [0.15, 0.2) is 29.3 Å². The zero-order chi connectivity index (χ0) is 15.8. The number of hydrogen-bond acceptors (Lipinski definition) is 2. The molecule has 0 heterocycles. The third-order valence-electron chi connectivity index (χ3n) is 4.41. The van der Waals surface area contributed by atoms with Gasteiger partial charge in [0.05, 0.1) is 7.11 Å². The second kappa shape index (κ2) is 10.7. The highest BCUT2D eigenvalue weighted by Gasteiger charge is 2.13. The zero-order valence-corrected chi connectivity index (χ0v) is 16.6. The van der Waals surface area contributed by atoms with Crippen molar-refractivity contribution in [3.8, 4) is 5.75 Å². The fourth-order valence-electron chi connectivity index (χ4n) is 3.09. The summed E-state index contributed by atoms with van der Waals surface area (Å²) in [6, 6.07) is 8.59. The van der Waals surface area contributed by atoms with E-state index in [1.54, 1.807) is 7.11 Å². The van der Waals surface area contributed by atoms with Crippen molar-refractivity contribution in [2.45, 2.75) is 57.4 Å². The first-order chi connectivity index (χ1) is 10.7. The van der Waals surface area contributed by atoms with Gasteiger partial charge in [-0.25, -0.2) is 0 Å². The fourth-order valence-corrected chi connectivity index (χ4v) is 3.09. The molecule has 1 aromatic carbocycles. The lowest BCUT2D eigenvalue weighted by Gasteiger charge is -2.18. The Balaban J connectivity index is 0.00000264. The second-order valence-electron chi connectivity index (χ2n) is 6.20. The number of para-hydroxylation sites is 1. The van der Waals surface area contributed by atoms with Crippen LogP contribution in [-0.2, 0) is 0 Å². The van der Waals surface area contributed by atoms with Crippen molar-refractivity contribution in [1.82, 2.24) is 5.32 Å². The Morgan fingerprint density at radius 3 is 2.57 bits per heavy atom. The van der Waals surface area contributed by atoms with Crippen LogP contribution in [0.2, 0.25) is 0 Å². The quantitative estimate of drug-likeness (QED) is 0.320. The lowest BCUT2D eigenvalue weighted by atomic mass is 10.0. The van der Waals surface area contributed by atoms with Crippen molar-refractivity contribution in [1.29, 1.82) is 0 Å². The van der Waals surface area contributed by atoms with Crippen molar-refractivity contribution in [2.75, 3.05) is 13.7 Å². The van der Waals surface area contributed by atoms with Crippen LogP contribution in [0.3, 0.4) is 0 Å². The summed E-state index contributed by atoms with van der Waals surface area (Å²) in [5, 5.41) is 3.39. The van der Waals surface area contributed by atoms with Gasteiger partial charge >= 0.3 is 0 Å². The SMILES string of the molecule is COc1ccccc1C(C)CN=C(N)NC1CCCCCC1.I. The number of nitrogens with two attached hydrogens (primary N) is 1. The third kappa shape index (κ3) is 6.57. The predicted octanol–water partition coefficient (Wildman–Crippen LogP) is 4.04. The standard InChI is InChI=1S/C18H29N3O.HI/c1-14(16-11-7-8-12-17(16)22-2)13-20-18(19)21-15-9-5-3-4-6-10-15;/h7-8,11-12,14-15H,3-6,9-10,13H2,1-2H3,(H3,19,20,21);1H. The minimum Gasteiger partial charge on any atom is -0.496 e. The predicted molar refractivity (Wildman–Crippen MR) is 108 cm³/mol. The van der Waals surface area contributed by atoms with E-state index in [0.29, 0.717) is 18.5 Å². The number of nitrogens with one attached hydrogen (secondary N) is 1. The van der Waals surface area contributed by atoms with Crippen LogP contribution in [0.1, 0.15) is 56.9 Å². The van der Waals surface area contributed by atoms with Crippen LogP contribution in [-0.4, -0.2) is 25.7 Å². The van der Waals surface area contributed by atoms with Crippen LogP contribution in [0.4, 0.5) is 0 Å². The van der Waals surface area contributed by atoms with Crippen molar-refractivity contribution >= 4 is 29.9 Å². The van der Waals surface area contributed by atoms with Gasteiger partial charge in [-0.3, -0.25) is 4.99 Å². The Morgan fingerprint density at radius 1 is 1.26 bits per heavy atom. The molecule has 1 saturated carbocycles. The van der Waals surface area contributed by atoms with E-state index in [0.717, 1.165) is 5.75 Å². The number of guanidine groups is 1. The molecule has 4 nitrogen and oxygen atoms in total. The van der Waals surface area contributed by atoms with Crippen LogP contribution in [0.25, 0.3) is 0 Å². The minimum atomic E-state index is 0. The number of aliphatic imine (C=N–C) groups is 1. The van der Waals surface area contributed by atoms with Crippen molar-refractivity contribution in [3.05, 3.63) is 29.8 Å². The molecule has 1 aliphatic carbocycles. The molecular weight excluding hydrogens is 401 g/mol. The maximum absolute atomic E-state index is 6.06. The largest absolute Gasteiger partial charge is 0.496 e. The Hall–Kier alpha value is -0.980. The number of rotatable bonds is 5. The molecule has 1 aliphatic rings. The molecule has 0 saturated heterocycles. The smallest absolute Gasteiger partial charge is 0.188 e. The number of benzene rings is 1. The molecule has 0 spiro atoms. The Bertz CT molecular complexity index is 485. The lowest BCUT2D eigenvalue weighted by molar-refractivity contribution is 0.406. The average molecular weight is 431 g/mol. The van der Waals surface area contributed by atoms with Gasteiger partial charge in [-0.1, -0.05) is 50.8 Å². The average Bonchev–Trinajstić information content (AvgIpc) is 2.81. The first-order valence-electron chi connectivity index (χ1n) is 8.40. The second-order valence-corrected chi connectivity index (χ2v) is 6.20. The monoisotopic (exact) mass is 431 g/mol. The van der Waals surface area contributed by atoms with E-state index in [4.69, 9.17) is 10.5 Å². The highest BCUT2D eigenvalue weighted by Crippen LogP contribution is 2.26.